The van der Waals surface area contributed by atoms with Crippen molar-refractivity contribution in [3.8, 4) is 0 Å². The van der Waals surface area contributed by atoms with Gasteiger partial charge in [-0.3, -0.25) is 14.5 Å². The second-order valence-electron chi connectivity index (χ2n) is 10.9. The number of nitrogens with one attached hydrogen (secondary N) is 2. The molecule has 4 amide bonds. The Morgan fingerprint density at radius 1 is 1.00 bits per heavy atom. The van der Waals surface area contributed by atoms with Crippen molar-refractivity contribution in [3.63, 3.8) is 0 Å². The van der Waals surface area contributed by atoms with E-state index in [0.717, 1.165) is 23.4 Å². The molecule has 3 aromatic rings. The lowest BCUT2D eigenvalue weighted by Crippen LogP contribution is -2.63. The molecule has 5 rings (SSSR count). The molecule has 0 saturated carbocycles. The SMILES string of the molecule is CN(C)C(=O)Nc1ccc(CNC(=O)c2ncc3n2CCN(Cc2c(F)cc(C(=O)N(C)C)cc2F)C32COC2)cc1. The summed E-state index contributed by atoms with van der Waals surface area (Å²) in [6.07, 6.45) is 1.62. The van der Waals surface area contributed by atoms with E-state index in [4.69, 9.17) is 4.74 Å². The maximum atomic E-state index is 15.0. The molecule has 1 aromatic heterocycles. The number of anilines is 1. The van der Waals surface area contributed by atoms with Crippen LogP contribution in [-0.4, -0.2) is 90.0 Å². The van der Waals surface area contributed by atoms with E-state index < -0.39 is 23.1 Å². The fraction of sp³-hybridized carbons (Fsp3) is 0.379. The summed E-state index contributed by atoms with van der Waals surface area (Å²) in [5.41, 5.74) is 1.35. The van der Waals surface area contributed by atoms with Gasteiger partial charge in [0.15, 0.2) is 5.82 Å². The smallest absolute Gasteiger partial charge is 0.321 e. The maximum absolute atomic E-state index is 15.0. The molecule has 1 saturated heterocycles. The zero-order valence-corrected chi connectivity index (χ0v) is 23.9. The Balaban J connectivity index is 1.28. The monoisotopic (exact) mass is 581 g/mol. The number of carbonyl (C=O) groups excluding carboxylic acids is 3. The molecule has 0 aliphatic carbocycles. The molecule has 0 atom stereocenters. The number of aromatic nitrogens is 2. The first-order chi connectivity index (χ1) is 20.0. The Kier molecular flexibility index (Phi) is 7.97. The molecule has 0 bridgehead atoms. The van der Waals surface area contributed by atoms with Crippen LogP contribution in [0.5, 0.6) is 0 Å². The Morgan fingerprint density at radius 3 is 2.24 bits per heavy atom. The average Bonchev–Trinajstić information content (AvgIpc) is 3.37. The third-order valence-corrected chi connectivity index (χ3v) is 7.62. The summed E-state index contributed by atoms with van der Waals surface area (Å²) >= 11 is 0. The number of hydrogen-bond acceptors (Lipinski definition) is 6. The van der Waals surface area contributed by atoms with Crippen molar-refractivity contribution in [1.82, 2.24) is 29.6 Å². The van der Waals surface area contributed by atoms with Crippen LogP contribution < -0.4 is 10.6 Å². The van der Waals surface area contributed by atoms with Crippen molar-refractivity contribution in [2.45, 2.75) is 25.2 Å². The number of hydrogen-bond donors (Lipinski definition) is 2. The predicted octanol–water partition coefficient (Wildman–Crippen LogP) is 2.63. The fourth-order valence-electron chi connectivity index (χ4n) is 5.14. The average molecular weight is 582 g/mol. The highest BCUT2D eigenvalue weighted by Gasteiger charge is 2.51. The molecule has 2 aliphatic heterocycles. The molecule has 11 nitrogen and oxygen atoms in total. The van der Waals surface area contributed by atoms with Gasteiger partial charge in [-0.1, -0.05) is 12.1 Å². The number of urea groups is 1. The number of rotatable bonds is 7. The van der Waals surface area contributed by atoms with Gasteiger partial charge < -0.3 is 29.7 Å². The molecule has 0 radical (unpaired) electrons. The Hall–Kier alpha value is -4.36. The van der Waals surface area contributed by atoms with E-state index in [1.165, 1.54) is 23.9 Å². The third-order valence-electron chi connectivity index (χ3n) is 7.62. The van der Waals surface area contributed by atoms with Crippen LogP contribution in [0.3, 0.4) is 0 Å². The summed E-state index contributed by atoms with van der Waals surface area (Å²) in [4.78, 5) is 46.2. The summed E-state index contributed by atoms with van der Waals surface area (Å²) in [5, 5.41) is 5.65. The minimum absolute atomic E-state index is 0.0326. The number of nitrogens with zero attached hydrogens (tertiary/aromatic N) is 5. The van der Waals surface area contributed by atoms with Gasteiger partial charge in [0.2, 0.25) is 0 Å². The molecule has 42 heavy (non-hydrogen) atoms. The van der Waals surface area contributed by atoms with Crippen LogP contribution in [-0.2, 0) is 29.9 Å². The number of carbonyl (C=O) groups is 3. The van der Waals surface area contributed by atoms with Crippen LogP contribution in [0, 0.1) is 11.6 Å². The highest BCUT2D eigenvalue weighted by Crippen LogP contribution is 2.40. The van der Waals surface area contributed by atoms with E-state index in [0.29, 0.717) is 18.8 Å². The van der Waals surface area contributed by atoms with E-state index in [9.17, 15) is 14.4 Å². The molecule has 1 fully saturated rings. The topological polar surface area (TPSA) is 112 Å². The summed E-state index contributed by atoms with van der Waals surface area (Å²) < 4.78 is 37.5. The summed E-state index contributed by atoms with van der Waals surface area (Å²) in [5.74, 6) is -2.17. The van der Waals surface area contributed by atoms with Gasteiger partial charge in [0, 0.05) is 71.2 Å². The van der Waals surface area contributed by atoms with Gasteiger partial charge in [-0.15, -0.1) is 0 Å². The molecule has 13 heteroatoms. The Labute approximate surface area is 242 Å². The summed E-state index contributed by atoms with van der Waals surface area (Å²) in [7, 11) is 6.34. The van der Waals surface area contributed by atoms with Gasteiger partial charge in [-0.2, -0.15) is 0 Å². The van der Waals surface area contributed by atoms with Crippen molar-refractivity contribution in [2.24, 2.45) is 0 Å². The first-order valence-corrected chi connectivity index (χ1v) is 13.4. The number of amides is 4. The molecule has 3 heterocycles. The lowest BCUT2D eigenvalue weighted by atomic mass is 9.88. The lowest BCUT2D eigenvalue weighted by molar-refractivity contribution is -0.163. The highest BCUT2D eigenvalue weighted by atomic mass is 19.1. The van der Waals surface area contributed by atoms with E-state index in [1.807, 2.05) is 21.6 Å². The lowest BCUT2D eigenvalue weighted by Gasteiger charge is -2.52. The minimum atomic E-state index is -0.789. The molecular formula is C29H33F2N7O4. The summed E-state index contributed by atoms with van der Waals surface area (Å²) in [6.45, 7) is 1.60. The standard InChI is InChI=1S/C29H33F2N7O4/c1-35(2)27(40)19-11-22(30)21(23(31)12-19)15-37-9-10-38-24(29(37)16-42-17-29)14-32-25(38)26(39)33-13-18-5-7-20(8-6-18)34-28(41)36(3)4/h5-8,11-12,14H,9-10,13,15-17H2,1-4H3,(H,33,39)(H,34,41). The first kappa shape index (κ1) is 29.1. The van der Waals surface area contributed by atoms with Crippen molar-refractivity contribution in [3.05, 3.63) is 82.4 Å². The summed E-state index contributed by atoms with van der Waals surface area (Å²) in [6, 6.07) is 9.03. The van der Waals surface area contributed by atoms with Crippen molar-refractivity contribution in [2.75, 3.05) is 53.3 Å². The van der Waals surface area contributed by atoms with Crippen LogP contribution in [0.2, 0.25) is 0 Å². The van der Waals surface area contributed by atoms with Crippen molar-refractivity contribution >= 4 is 23.5 Å². The van der Waals surface area contributed by atoms with Crippen molar-refractivity contribution in [1.29, 1.82) is 0 Å². The zero-order valence-electron chi connectivity index (χ0n) is 23.9. The van der Waals surface area contributed by atoms with Gasteiger partial charge in [0.05, 0.1) is 25.1 Å². The van der Waals surface area contributed by atoms with Gasteiger partial charge in [0.1, 0.15) is 17.2 Å². The second kappa shape index (κ2) is 11.5. The maximum Gasteiger partial charge on any atom is 0.321 e. The first-order valence-electron chi connectivity index (χ1n) is 13.4. The largest absolute Gasteiger partial charge is 0.377 e. The van der Waals surface area contributed by atoms with Gasteiger partial charge in [-0.25, -0.2) is 18.6 Å². The molecule has 222 valence electrons. The predicted molar refractivity (Wildman–Crippen MR) is 150 cm³/mol. The van der Waals surface area contributed by atoms with Gasteiger partial charge in [-0.05, 0) is 29.8 Å². The van der Waals surface area contributed by atoms with Gasteiger partial charge in [0.25, 0.3) is 11.8 Å². The molecule has 0 unspecified atom stereocenters. The van der Waals surface area contributed by atoms with Crippen LogP contribution in [0.15, 0.2) is 42.6 Å². The number of halogens is 2. The normalized spacial score (nSPS) is 15.5. The zero-order chi connectivity index (χ0) is 30.2. The highest BCUT2D eigenvalue weighted by molar-refractivity contribution is 5.94. The van der Waals surface area contributed by atoms with E-state index in [-0.39, 0.29) is 55.2 Å². The van der Waals surface area contributed by atoms with Crippen LogP contribution in [0.1, 0.15) is 37.8 Å². The molecule has 2 aromatic carbocycles. The van der Waals surface area contributed by atoms with E-state index >= 15 is 8.78 Å². The molecule has 2 aliphatic rings. The van der Waals surface area contributed by atoms with Crippen LogP contribution in [0.25, 0.3) is 0 Å². The van der Waals surface area contributed by atoms with E-state index in [2.05, 4.69) is 15.6 Å². The molecular weight excluding hydrogens is 548 g/mol. The second-order valence-corrected chi connectivity index (χ2v) is 10.9. The molecule has 1 spiro atoms. The number of fused-ring (bicyclic) bond motifs is 2. The van der Waals surface area contributed by atoms with Crippen LogP contribution >= 0.6 is 0 Å². The quantitative estimate of drug-likeness (QED) is 0.444. The van der Waals surface area contributed by atoms with E-state index in [1.54, 1.807) is 32.4 Å². The fourth-order valence-corrected chi connectivity index (χ4v) is 5.14. The van der Waals surface area contributed by atoms with Crippen LogP contribution in [0.4, 0.5) is 19.3 Å². The number of ether oxygens (including phenoxy) is 1. The Bertz CT molecular complexity index is 1490. The number of benzene rings is 2. The van der Waals surface area contributed by atoms with Gasteiger partial charge >= 0.3 is 6.03 Å². The third kappa shape index (κ3) is 5.44. The number of imidazole rings is 1. The Morgan fingerprint density at radius 2 is 1.67 bits per heavy atom. The van der Waals surface area contributed by atoms with Crippen molar-refractivity contribution < 1.29 is 27.9 Å². The minimum Gasteiger partial charge on any atom is -0.377 e. The molecule has 2 N–H and O–H groups in total.